The van der Waals surface area contributed by atoms with Crippen molar-refractivity contribution in [1.29, 1.82) is 0 Å². The summed E-state index contributed by atoms with van der Waals surface area (Å²) in [5.74, 6) is 0.730. The highest BCUT2D eigenvalue weighted by molar-refractivity contribution is 8.00. The predicted molar refractivity (Wildman–Crippen MR) is 72.1 cm³/mol. The number of thioether (sulfide) groups is 1. The Balaban J connectivity index is 1.77. The Morgan fingerprint density at radius 1 is 1.44 bits per heavy atom. The number of hydrogen-bond donors (Lipinski definition) is 1. The van der Waals surface area contributed by atoms with Crippen molar-refractivity contribution in [2.24, 2.45) is 5.92 Å². The minimum Gasteiger partial charge on any atom is -0.353 e. The first-order valence-corrected chi connectivity index (χ1v) is 7.30. The van der Waals surface area contributed by atoms with Gasteiger partial charge in [0.25, 0.3) is 0 Å². The highest BCUT2D eigenvalue weighted by Gasteiger charge is 2.22. The zero-order valence-electron chi connectivity index (χ0n) is 10.5. The van der Waals surface area contributed by atoms with Gasteiger partial charge in [-0.25, -0.2) is 4.39 Å². The van der Waals surface area contributed by atoms with Crippen molar-refractivity contribution in [2.75, 3.05) is 5.75 Å². The molecule has 0 saturated heterocycles. The summed E-state index contributed by atoms with van der Waals surface area (Å²) in [7, 11) is 0. The van der Waals surface area contributed by atoms with Crippen LogP contribution in [-0.2, 0) is 4.79 Å². The Morgan fingerprint density at radius 2 is 2.22 bits per heavy atom. The zero-order valence-corrected chi connectivity index (χ0v) is 11.3. The number of carbonyl (C=O) groups excluding carboxylic acids is 1. The third-order valence-corrected chi connectivity index (χ3v) is 4.30. The van der Waals surface area contributed by atoms with Gasteiger partial charge in [-0.3, -0.25) is 4.79 Å². The summed E-state index contributed by atoms with van der Waals surface area (Å²) in [4.78, 5) is 12.3. The van der Waals surface area contributed by atoms with Crippen molar-refractivity contribution in [3.05, 3.63) is 30.1 Å². The molecule has 2 rings (SSSR count). The molecule has 1 saturated carbocycles. The second-order valence-corrected chi connectivity index (χ2v) is 5.92. The summed E-state index contributed by atoms with van der Waals surface area (Å²) in [5, 5.41) is 3.02. The molecule has 0 radical (unpaired) electrons. The Labute approximate surface area is 111 Å². The van der Waals surface area contributed by atoms with Gasteiger partial charge in [0, 0.05) is 10.9 Å². The highest BCUT2D eigenvalue weighted by atomic mass is 32.2. The molecule has 2 nitrogen and oxygen atoms in total. The maximum atomic E-state index is 13.3. The van der Waals surface area contributed by atoms with Crippen LogP contribution in [-0.4, -0.2) is 17.7 Å². The van der Waals surface area contributed by atoms with E-state index in [0.717, 1.165) is 12.8 Å². The van der Waals surface area contributed by atoms with Gasteiger partial charge in [0.1, 0.15) is 5.82 Å². The van der Waals surface area contributed by atoms with Gasteiger partial charge in [-0.15, -0.1) is 11.8 Å². The molecule has 1 aromatic rings. The average Bonchev–Trinajstić information content (AvgIpc) is 2.74. The van der Waals surface area contributed by atoms with Crippen LogP contribution in [0.1, 0.15) is 26.2 Å². The van der Waals surface area contributed by atoms with Crippen molar-refractivity contribution in [2.45, 2.75) is 37.1 Å². The first-order valence-electron chi connectivity index (χ1n) is 6.32. The van der Waals surface area contributed by atoms with Crippen LogP contribution >= 0.6 is 11.8 Å². The quantitative estimate of drug-likeness (QED) is 0.849. The smallest absolute Gasteiger partial charge is 0.230 e. The number of amides is 1. The van der Waals surface area contributed by atoms with Crippen molar-refractivity contribution < 1.29 is 9.18 Å². The molecule has 18 heavy (non-hydrogen) atoms. The molecular formula is C14H18FNOS. The number of nitrogens with one attached hydrogen (secondary N) is 1. The van der Waals surface area contributed by atoms with Gasteiger partial charge in [0.15, 0.2) is 0 Å². The zero-order chi connectivity index (χ0) is 13.0. The van der Waals surface area contributed by atoms with E-state index in [4.69, 9.17) is 0 Å². The van der Waals surface area contributed by atoms with E-state index in [1.54, 1.807) is 18.2 Å². The van der Waals surface area contributed by atoms with Crippen LogP contribution in [0, 0.1) is 11.7 Å². The van der Waals surface area contributed by atoms with E-state index in [9.17, 15) is 9.18 Å². The normalized spacial score (nSPS) is 23.0. The van der Waals surface area contributed by atoms with Gasteiger partial charge in [0.2, 0.25) is 5.91 Å². The van der Waals surface area contributed by atoms with Crippen LogP contribution in [0.5, 0.6) is 0 Å². The molecule has 98 valence electrons. The second-order valence-electron chi connectivity index (χ2n) is 4.90. The largest absolute Gasteiger partial charge is 0.353 e. The molecule has 0 bridgehead atoms. The van der Waals surface area contributed by atoms with Crippen molar-refractivity contribution in [3.63, 3.8) is 0 Å². The molecule has 1 aliphatic rings. The van der Waals surface area contributed by atoms with Crippen molar-refractivity contribution in [1.82, 2.24) is 5.32 Å². The van der Waals surface area contributed by atoms with Gasteiger partial charge in [-0.05, 0) is 37.3 Å². The Kier molecular flexibility index (Phi) is 4.64. The number of hydrogen-bond acceptors (Lipinski definition) is 2. The lowest BCUT2D eigenvalue weighted by Gasteiger charge is -2.12. The molecule has 1 fully saturated rings. The molecule has 2 unspecified atom stereocenters. The fourth-order valence-electron chi connectivity index (χ4n) is 2.31. The standard InChI is InChI=1S/C14H18FNOS/c1-10-6-7-11(8-10)16-14(17)9-18-13-5-3-2-4-12(13)15/h2-5,10-11H,6-9H2,1H3,(H,16,17). The van der Waals surface area contributed by atoms with Crippen LogP contribution in [0.15, 0.2) is 29.2 Å². The molecule has 1 amide bonds. The molecule has 4 heteroatoms. The first kappa shape index (κ1) is 13.4. The van der Waals surface area contributed by atoms with Crippen LogP contribution in [0.25, 0.3) is 0 Å². The maximum absolute atomic E-state index is 13.3. The topological polar surface area (TPSA) is 29.1 Å². The Bertz CT molecular complexity index is 424. The summed E-state index contributed by atoms with van der Waals surface area (Å²) < 4.78 is 13.3. The number of benzene rings is 1. The molecule has 2 atom stereocenters. The van der Waals surface area contributed by atoms with Gasteiger partial charge < -0.3 is 5.32 Å². The first-order chi connectivity index (χ1) is 8.65. The molecule has 1 aliphatic carbocycles. The lowest BCUT2D eigenvalue weighted by molar-refractivity contribution is -0.119. The molecule has 0 spiro atoms. The molecule has 1 aromatic carbocycles. The monoisotopic (exact) mass is 267 g/mol. The summed E-state index contributed by atoms with van der Waals surface area (Å²) in [6.45, 7) is 2.21. The number of carbonyl (C=O) groups is 1. The van der Waals surface area contributed by atoms with Crippen molar-refractivity contribution in [3.8, 4) is 0 Å². The minimum absolute atomic E-state index is 0.00218. The molecule has 0 aliphatic heterocycles. The van der Waals surface area contributed by atoms with E-state index in [2.05, 4.69) is 12.2 Å². The average molecular weight is 267 g/mol. The fourth-order valence-corrected chi connectivity index (χ4v) is 3.06. The second kappa shape index (κ2) is 6.23. The van der Waals surface area contributed by atoms with E-state index >= 15 is 0 Å². The van der Waals surface area contributed by atoms with Crippen LogP contribution in [0.2, 0.25) is 0 Å². The third-order valence-electron chi connectivity index (χ3n) is 3.26. The Hall–Kier alpha value is -1.03. The van der Waals surface area contributed by atoms with Gasteiger partial charge in [0.05, 0.1) is 5.75 Å². The van der Waals surface area contributed by atoms with Gasteiger partial charge in [-0.2, -0.15) is 0 Å². The number of halogens is 1. The molecule has 0 heterocycles. The SMILES string of the molecule is CC1CCC(NC(=O)CSc2ccccc2F)C1. The summed E-state index contributed by atoms with van der Waals surface area (Å²) in [6.07, 6.45) is 3.32. The molecule has 0 aromatic heterocycles. The lowest BCUT2D eigenvalue weighted by atomic mass is 10.1. The maximum Gasteiger partial charge on any atom is 0.230 e. The van der Waals surface area contributed by atoms with E-state index in [0.29, 0.717) is 16.9 Å². The predicted octanol–water partition coefficient (Wildman–Crippen LogP) is 3.22. The van der Waals surface area contributed by atoms with E-state index in [1.165, 1.54) is 24.2 Å². The van der Waals surface area contributed by atoms with E-state index in [1.807, 2.05) is 0 Å². The van der Waals surface area contributed by atoms with Crippen LogP contribution in [0.3, 0.4) is 0 Å². The van der Waals surface area contributed by atoms with Crippen LogP contribution < -0.4 is 5.32 Å². The molecular weight excluding hydrogens is 249 g/mol. The Morgan fingerprint density at radius 3 is 2.89 bits per heavy atom. The number of rotatable bonds is 4. The lowest BCUT2D eigenvalue weighted by Crippen LogP contribution is -2.34. The third kappa shape index (κ3) is 3.73. The van der Waals surface area contributed by atoms with Gasteiger partial charge in [-0.1, -0.05) is 19.1 Å². The molecule has 1 N–H and O–H groups in total. The van der Waals surface area contributed by atoms with Gasteiger partial charge >= 0.3 is 0 Å². The van der Waals surface area contributed by atoms with E-state index in [-0.39, 0.29) is 17.5 Å². The van der Waals surface area contributed by atoms with E-state index < -0.39 is 0 Å². The highest BCUT2D eigenvalue weighted by Crippen LogP contribution is 2.25. The summed E-state index contributed by atoms with van der Waals surface area (Å²) in [5.41, 5.74) is 0. The summed E-state index contributed by atoms with van der Waals surface area (Å²) >= 11 is 1.25. The van der Waals surface area contributed by atoms with Crippen molar-refractivity contribution >= 4 is 17.7 Å². The summed E-state index contributed by atoms with van der Waals surface area (Å²) in [6, 6.07) is 6.86. The van der Waals surface area contributed by atoms with Crippen LogP contribution in [0.4, 0.5) is 4.39 Å². The minimum atomic E-state index is -0.259. The fraction of sp³-hybridized carbons (Fsp3) is 0.500.